The molecule has 162 valence electrons. The van der Waals surface area contributed by atoms with E-state index >= 15 is 0 Å². The van der Waals surface area contributed by atoms with Gasteiger partial charge in [-0.1, -0.05) is 18.2 Å². The lowest BCUT2D eigenvalue weighted by Crippen LogP contribution is -2.54. The molecule has 2 aromatic carbocycles. The van der Waals surface area contributed by atoms with Crippen LogP contribution in [0, 0.1) is 0 Å². The fraction of sp³-hybridized carbons (Fsp3) is 0.150. The van der Waals surface area contributed by atoms with Crippen molar-refractivity contribution in [1.82, 2.24) is 0 Å². The van der Waals surface area contributed by atoms with E-state index in [0.29, 0.717) is 0 Å². The Labute approximate surface area is 179 Å². The molecular weight excluding hydrogens is 423 g/mol. The summed E-state index contributed by atoms with van der Waals surface area (Å²) < 4.78 is 35.0. The molecule has 0 saturated carbocycles. The van der Waals surface area contributed by atoms with E-state index in [1.165, 1.54) is 18.2 Å². The minimum atomic E-state index is -4.85. The summed E-state index contributed by atoms with van der Waals surface area (Å²) in [7, 11) is -4.85. The number of aliphatic imine (C=N–C) groups is 2. The fourth-order valence-electron chi connectivity index (χ4n) is 3.07. The summed E-state index contributed by atoms with van der Waals surface area (Å²) >= 11 is 0. The number of nitrogens with one attached hydrogen (secondary N) is 1. The molecule has 1 amide bonds. The van der Waals surface area contributed by atoms with Crippen LogP contribution in [0.5, 0.6) is 0 Å². The highest BCUT2D eigenvalue weighted by Crippen LogP contribution is 2.27. The highest BCUT2D eigenvalue weighted by Gasteiger charge is 2.32. The number of halogens is 1. The van der Waals surface area contributed by atoms with Gasteiger partial charge in [0, 0.05) is 17.5 Å². The van der Waals surface area contributed by atoms with E-state index in [1.807, 2.05) is 13.8 Å². The SMILES string of the molecule is CC1(C)N=C(N)N=C(N)N1c1ccc(/C=C/C(=O)Nc2cccc(S(=O)(=O)F)c2)cc1. The van der Waals surface area contributed by atoms with Crippen LogP contribution in [0.1, 0.15) is 19.4 Å². The van der Waals surface area contributed by atoms with Crippen molar-refractivity contribution in [3.05, 3.63) is 60.2 Å². The second kappa shape index (κ2) is 8.19. The molecule has 0 unspecified atom stereocenters. The van der Waals surface area contributed by atoms with Crippen molar-refractivity contribution in [3.63, 3.8) is 0 Å². The smallest absolute Gasteiger partial charge is 0.332 e. The van der Waals surface area contributed by atoms with Crippen LogP contribution in [0.25, 0.3) is 6.08 Å². The highest BCUT2D eigenvalue weighted by molar-refractivity contribution is 7.86. The minimum Gasteiger partial charge on any atom is -0.369 e. The van der Waals surface area contributed by atoms with Gasteiger partial charge >= 0.3 is 10.2 Å². The molecule has 0 saturated heterocycles. The van der Waals surface area contributed by atoms with Gasteiger partial charge in [-0.2, -0.15) is 13.4 Å². The third kappa shape index (κ3) is 5.25. The molecule has 3 rings (SSSR count). The molecule has 0 aromatic heterocycles. The van der Waals surface area contributed by atoms with Crippen molar-refractivity contribution in [3.8, 4) is 0 Å². The van der Waals surface area contributed by atoms with Crippen LogP contribution in [-0.2, 0) is 15.0 Å². The standard InChI is InChI=1S/C20H21FN6O3S/c1-20(2)26-18(22)25-19(23)27(20)15-9-6-13(7-10-15)8-11-17(28)24-14-4-3-5-16(12-14)31(21,29)30/h3-12H,1-2H3,(H,24,28)(H4,22,23,25,26)/b11-8+. The summed E-state index contributed by atoms with van der Waals surface area (Å²) in [4.78, 5) is 21.6. The number of nitrogens with two attached hydrogens (primary N) is 2. The van der Waals surface area contributed by atoms with Crippen molar-refractivity contribution >= 4 is 45.5 Å². The predicted octanol–water partition coefficient (Wildman–Crippen LogP) is 2.18. The first kappa shape index (κ1) is 22.0. The lowest BCUT2D eigenvalue weighted by molar-refractivity contribution is -0.111. The summed E-state index contributed by atoms with van der Waals surface area (Å²) in [6.45, 7) is 3.70. The molecule has 0 bridgehead atoms. The molecule has 11 heteroatoms. The number of nitrogens with zero attached hydrogens (tertiary/aromatic N) is 3. The monoisotopic (exact) mass is 444 g/mol. The fourth-order valence-corrected chi connectivity index (χ4v) is 3.58. The number of rotatable bonds is 5. The zero-order valence-electron chi connectivity index (χ0n) is 16.8. The van der Waals surface area contributed by atoms with E-state index in [9.17, 15) is 17.1 Å². The van der Waals surface area contributed by atoms with Crippen LogP contribution in [0.4, 0.5) is 15.3 Å². The van der Waals surface area contributed by atoms with Crippen LogP contribution in [0.2, 0.25) is 0 Å². The third-order valence-corrected chi connectivity index (χ3v) is 5.17. The average Bonchev–Trinajstić information content (AvgIpc) is 2.65. The van der Waals surface area contributed by atoms with Crippen molar-refractivity contribution in [2.45, 2.75) is 24.4 Å². The second-order valence-corrected chi connectivity index (χ2v) is 8.50. The molecule has 2 aromatic rings. The number of hydrogen-bond donors (Lipinski definition) is 3. The van der Waals surface area contributed by atoms with Gasteiger partial charge in [-0.25, -0.2) is 4.99 Å². The van der Waals surface area contributed by atoms with Gasteiger partial charge in [-0.05, 0) is 55.8 Å². The Hall–Kier alpha value is -3.73. The first-order valence-corrected chi connectivity index (χ1v) is 10.5. The van der Waals surface area contributed by atoms with Crippen molar-refractivity contribution in [2.75, 3.05) is 10.2 Å². The number of hydrogen-bond acceptors (Lipinski definition) is 8. The maximum Gasteiger partial charge on any atom is 0.332 e. The van der Waals surface area contributed by atoms with Gasteiger partial charge in [0.15, 0.2) is 0 Å². The summed E-state index contributed by atoms with van der Waals surface area (Å²) in [5.41, 5.74) is 12.6. The normalized spacial score (nSPS) is 16.0. The maximum atomic E-state index is 13.1. The summed E-state index contributed by atoms with van der Waals surface area (Å²) in [6.07, 6.45) is 2.85. The van der Waals surface area contributed by atoms with Gasteiger partial charge in [-0.15, -0.1) is 3.89 Å². The Morgan fingerprint density at radius 3 is 2.45 bits per heavy atom. The largest absolute Gasteiger partial charge is 0.369 e. The Morgan fingerprint density at radius 1 is 1.16 bits per heavy atom. The summed E-state index contributed by atoms with van der Waals surface area (Å²) in [5, 5.41) is 2.48. The Bertz CT molecular complexity index is 1200. The van der Waals surface area contributed by atoms with Crippen LogP contribution >= 0.6 is 0 Å². The zero-order chi connectivity index (χ0) is 22.8. The van der Waals surface area contributed by atoms with E-state index in [-0.39, 0.29) is 17.6 Å². The molecule has 1 aliphatic heterocycles. The molecule has 0 atom stereocenters. The predicted molar refractivity (Wildman–Crippen MR) is 119 cm³/mol. The first-order chi connectivity index (χ1) is 14.5. The average molecular weight is 444 g/mol. The van der Waals surface area contributed by atoms with E-state index in [4.69, 9.17) is 11.5 Å². The number of anilines is 2. The van der Waals surface area contributed by atoms with Gasteiger partial charge in [0.2, 0.25) is 17.8 Å². The van der Waals surface area contributed by atoms with Crippen molar-refractivity contribution < 1.29 is 17.1 Å². The quantitative estimate of drug-likeness (QED) is 0.476. The highest BCUT2D eigenvalue weighted by atomic mass is 32.3. The molecule has 0 spiro atoms. The number of guanidine groups is 2. The number of carbonyl (C=O) groups is 1. The molecule has 1 heterocycles. The molecular formula is C20H21FN6O3S. The van der Waals surface area contributed by atoms with Gasteiger partial charge in [-0.3, -0.25) is 9.69 Å². The zero-order valence-corrected chi connectivity index (χ0v) is 17.6. The molecule has 31 heavy (non-hydrogen) atoms. The Kier molecular flexibility index (Phi) is 5.80. The van der Waals surface area contributed by atoms with Gasteiger partial charge in [0.25, 0.3) is 0 Å². The van der Waals surface area contributed by atoms with Crippen LogP contribution in [0.15, 0.2) is 69.5 Å². The molecule has 9 nitrogen and oxygen atoms in total. The topological polar surface area (TPSA) is 143 Å². The lowest BCUT2D eigenvalue weighted by atomic mass is 10.1. The van der Waals surface area contributed by atoms with Crippen LogP contribution in [-0.4, -0.2) is 31.9 Å². The van der Waals surface area contributed by atoms with Crippen LogP contribution in [0.3, 0.4) is 0 Å². The van der Waals surface area contributed by atoms with E-state index in [2.05, 4.69) is 15.3 Å². The van der Waals surface area contributed by atoms with E-state index in [1.54, 1.807) is 35.2 Å². The third-order valence-electron chi connectivity index (χ3n) is 4.36. The number of carbonyl (C=O) groups excluding carboxylic acids is 1. The number of benzene rings is 2. The molecule has 5 N–H and O–H groups in total. The summed E-state index contributed by atoms with van der Waals surface area (Å²) in [5.74, 6) is -0.174. The van der Waals surface area contributed by atoms with Gasteiger partial charge < -0.3 is 16.8 Å². The summed E-state index contributed by atoms with van der Waals surface area (Å²) in [6, 6.07) is 12.1. The lowest BCUT2D eigenvalue weighted by Gasteiger charge is -2.38. The molecule has 0 fully saturated rings. The Balaban J connectivity index is 1.70. The molecule has 0 aliphatic carbocycles. The Morgan fingerprint density at radius 2 is 1.84 bits per heavy atom. The minimum absolute atomic E-state index is 0.110. The van der Waals surface area contributed by atoms with Crippen LogP contribution < -0.4 is 21.7 Å². The van der Waals surface area contributed by atoms with Gasteiger partial charge in [0.05, 0.1) is 0 Å². The van der Waals surface area contributed by atoms with Crippen molar-refractivity contribution in [1.29, 1.82) is 0 Å². The second-order valence-electron chi connectivity index (χ2n) is 7.15. The van der Waals surface area contributed by atoms with E-state index < -0.39 is 26.7 Å². The maximum absolute atomic E-state index is 13.1. The van der Waals surface area contributed by atoms with Crippen molar-refractivity contribution in [2.24, 2.45) is 21.5 Å². The molecule has 0 radical (unpaired) electrons. The van der Waals surface area contributed by atoms with E-state index in [0.717, 1.165) is 23.4 Å². The van der Waals surface area contributed by atoms with Gasteiger partial charge in [0.1, 0.15) is 10.6 Å². The first-order valence-electron chi connectivity index (χ1n) is 9.09. The number of amides is 1. The molecule has 1 aliphatic rings.